The van der Waals surface area contributed by atoms with Crippen LogP contribution in [0.1, 0.15) is 50.8 Å². The van der Waals surface area contributed by atoms with Gasteiger partial charge >= 0.3 is 0 Å². The molecule has 0 radical (unpaired) electrons. The lowest BCUT2D eigenvalue weighted by atomic mass is 10.00. The second-order valence-electron chi connectivity index (χ2n) is 8.31. The van der Waals surface area contributed by atoms with Gasteiger partial charge in [-0.25, -0.2) is 0 Å². The maximum Gasteiger partial charge on any atom is 0.243 e. The summed E-state index contributed by atoms with van der Waals surface area (Å²) in [7, 11) is 0. The van der Waals surface area contributed by atoms with Gasteiger partial charge in [0.1, 0.15) is 6.04 Å². The van der Waals surface area contributed by atoms with Gasteiger partial charge in [0.2, 0.25) is 11.8 Å². The van der Waals surface area contributed by atoms with E-state index in [9.17, 15) is 9.59 Å². The van der Waals surface area contributed by atoms with Gasteiger partial charge in [-0.2, -0.15) is 0 Å². The molecule has 2 aromatic rings. The monoisotopic (exact) mass is 380 g/mol. The first-order valence-electron chi connectivity index (χ1n) is 9.90. The van der Waals surface area contributed by atoms with Crippen molar-refractivity contribution in [3.8, 4) is 0 Å². The van der Waals surface area contributed by atoms with E-state index in [4.69, 9.17) is 0 Å². The molecule has 0 aromatic heterocycles. The molecule has 0 bridgehead atoms. The summed E-state index contributed by atoms with van der Waals surface area (Å²) < 4.78 is 0. The first-order valence-corrected chi connectivity index (χ1v) is 9.90. The van der Waals surface area contributed by atoms with Crippen LogP contribution >= 0.6 is 0 Å². The minimum atomic E-state index is -0.561. The molecule has 2 aromatic carbocycles. The molecular formula is C24H32N2O2. The Balaban J connectivity index is 2.38. The second-order valence-corrected chi connectivity index (χ2v) is 8.31. The summed E-state index contributed by atoms with van der Waals surface area (Å²) in [4.78, 5) is 27.8. The molecule has 150 valence electrons. The number of aryl methyl sites for hydroxylation is 1. The van der Waals surface area contributed by atoms with Crippen LogP contribution in [0.4, 0.5) is 0 Å². The summed E-state index contributed by atoms with van der Waals surface area (Å²) in [6.07, 6.45) is 0.847. The zero-order chi connectivity index (χ0) is 20.7. The van der Waals surface area contributed by atoms with E-state index in [1.54, 1.807) is 4.90 Å². The number of amides is 2. The van der Waals surface area contributed by atoms with Gasteiger partial charge in [0, 0.05) is 24.9 Å². The van der Waals surface area contributed by atoms with Gasteiger partial charge in [-0.1, -0.05) is 67.1 Å². The number of carbonyl (C=O) groups excluding carboxylic acids is 2. The van der Waals surface area contributed by atoms with Crippen LogP contribution < -0.4 is 5.32 Å². The number of hydrogen-bond donors (Lipinski definition) is 1. The highest BCUT2D eigenvalue weighted by Crippen LogP contribution is 2.17. The maximum atomic E-state index is 13.2. The number of benzene rings is 2. The fourth-order valence-electron chi connectivity index (χ4n) is 3.22. The van der Waals surface area contributed by atoms with Gasteiger partial charge in [-0.05, 0) is 38.8 Å². The molecule has 0 spiro atoms. The Morgan fingerprint density at radius 2 is 1.64 bits per heavy atom. The largest absolute Gasteiger partial charge is 0.350 e. The number of hydrogen-bond acceptors (Lipinski definition) is 2. The molecule has 4 heteroatoms. The van der Waals surface area contributed by atoms with Crippen LogP contribution in [0, 0.1) is 6.92 Å². The van der Waals surface area contributed by atoms with Crippen molar-refractivity contribution < 1.29 is 9.59 Å². The van der Waals surface area contributed by atoms with Crippen molar-refractivity contribution in [2.75, 3.05) is 0 Å². The van der Waals surface area contributed by atoms with Crippen molar-refractivity contribution in [2.24, 2.45) is 0 Å². The number of nitrogens with zero attached hydrogens (tertiary/aromatic N) is 1. The molecular weight excluding hydrogens is 348 g/mol. The highest BCUT2D eigenvalue weighted by atomic mass is 16.2. The van der Waals surface area contributed by atoms with Crippen molar-refractivity contribution in [1.82, 2.24) is 10.2 Å². The van der Waals surface area contributed by atoms with Gasteiger partial charge in [-0.3, -0.25) is 9.59 Å². The van der Waals surface area contributed by atoms with Crippen LogP contribution in [0.15, 0.2) is 54.6 Å². The molecule has 2 amide bonds. The van der Waals surface area contributed by atoms with Crippen LogP contribution in [0.3, 0.4) is 0 Å². The Bertz CT molecular complexity index is 794. The van der Waals surface area contributed by atoms with Crippen molar-refractivity contribution >= 4 is 11.8 Å². The number of rotatable bonds is 7. The van der Waals surface area contributed by atoms with Crippen LogP contribution in [0.2, 0.25) is 0 Å². The Morgan fingerprint density at radius 3 is 2.21 bits per heavy atom. The van der Waals surface area contributed by atoms with Crippen LogP contribution in [-0.4, -0.2) is 28.3 Å². The summed E-state index contributed by atoms with van der Waals surface area (Å²) in [6, 6.07) is 17.4. The van der Waals surface area contributed by atoms with E-state index in [0.717, 1.165) is 16.7 Å². The average Bonchev–Trinajstić information content (AvgIpc) is 2.63. The number of nitrogens with one attached hydrogen (secondary N) is 1. The minimum absolute atomic E-state index is 0.0218. The molecule has 2 rings (SSSR count). The van der Waals surface area contributed by atoms with Gasteiger partial charge in [0.15, 0.2) is 0 Å². The Kier molecular flexibility index (Phi) is 7.38. The molecule has 1 N–H and O–H groups in total. The molecule has 0 aliphatic rings. The molecule has 0 aliphatic heterocycles. The molecule has 0 unspecified atom stereocenters. The molecule has 0 fully saturated rings. The lowest BCUT2D eigenvalue weighted by Gasteiger charge is -2.33. The lowest BCUT2D eigenvalue weighted by Crippen LogP contribution is -2.54. The molecule has 4 nitrogen and oxygen atoms in total. The fourth-order valence-corrected chi connectivity index (χ4v) is 3.22. The molecule has 0 aliphatic carbocycles. The normalized spacial score (nSPS) is 12.3. The van der Waals surface area contributed by atoms with Gasteiger partial charge in [-0.15, -0.1) is 0 Å². The van der Waals surface area contributed by atoms with Gasteiger partial charge in [0.25, 0.3) is 0 Å². The van der Waals surface area contributed by atoms with E-state index < -0.39 is 6.04 Å². The summed E-state index contributed by atoms with van der Waals surface area (Å²) >= 11 is 0. The minimum Gasteiger partial charge on any atom is -0.350 e. The van der Waals surface area contributed by atoms with E-state index in [2.05, 4.69) is 11.4 Å². The van der Waals surface area contributed by atoms with Crippen LogP contribution in [0.25, 0.3) is 0 Å². The van der Waals surface area contributed by atoms with E-state index in [0.29, 0.717) is 19.4 Å². The third-order valence-corrected chi connectivity index (χ3v) is 4.51. The highest BCUT2D eigenvalue weighted by molar-refractivity contribution is 5.88. The van der Waals surface area contributed by atoms with E-state index in [1.807, 2.05) is 83.1 Å². The van der Waals surface area contributed by atoms with E-state index >= 15 is 0 Å². The number of carbonyl (C=O) groups is 2. The third kappa shape index (κ3) is 6.52. The molecule has 0 saturated carbocycles. The molecule has 0 heterocycles. The molecule has 0 saturated heterocycles. The van der Waals surface area contributed by atoms with Gasteiger partial charge in [0.05, 0.1) is 0 Å². The highest BCUT2D eigenvalue weighted by Gasteiger charge is 2.31. The molecule has 1 atom stereocenters. The summed E-state index contributed by atoms with van der Waals surface area (Å²) in [5, 5.41) is 3.06. The van der Waals surface area contributed by atoms with Crippen LogP contribution in [0.5, 0.6) is 0 Å². The predicted molar refractivity (Wildman–Crippen MR) is 114 cm³/mol. The van der Waals surface area contributed by atoms with Crippen molar-refractivity contribution in [1.29, 1.82) is 0 Å². The first-order chi connectivity index (χ1) is 13.2. The summed E-state index contributed by atoms with van der Waals surface area (Å²) in [6.45, 7) is 10.2. The van der Waals surface area contributed by atoms with E-state index in [1.165, 1.54) is 0 Å². The van der Waals surface area contributed by atoms with Crippen LogP contribution in [-0.2, 0) is 22.6 Å². The summed E-state index contributed by atoms with van der Waals surface area (Å²) in [5.74, 6) is -0.141. The zero-order valence-corrected chi connectivity index (χ0v) is 17.7. The quantitative estimate of drug-likeness (QED) is 0.780. The second kappa shape index (κ2) is 9.54. The smallest absolute Gasteiger partial charge is 0.243 e. The SMILES string of the molecule is CCC(=O)N(Cc1cccc(C)c1)[C@@H](Cc1ccccc1)C(=O)NC(C)(C)C. The standard InChI is InChI=1S/C24H32N2O2/c1-6-22(27)26(17-20-14-10-11-18(2)15-20)21(23(28)25-24(3,4)5)16-19-12-8-7-9-13-19/h7-15,21H,6,16-17H2,1-5H3,(H,25,28)/t21-/m0/s1. The Hall–Kier alpha value is -2.62. The zero-order valence-electron chi connectivity index (χ0n) is 17.7. The maximum absolute atomic E-state index is 13.2. The van der Waals surface area contributed by atoms with E-state index in [-0.39, 0.29) is 17.4 Å². The Morgan fingerprint density at radius 1 is 1.00 bits per heavy atom. The Labute approximate surface area is 169 Å². The van der Waals surface area contributed by atoms with Crippen molar-refractivity contribution in [3.63, 3.8) is 0 Å². The van der Waals surface area contributed by atoms with Crippen molar-refractivity contribution in [2.45, 2.75) is 65.6 Å². The topological polar surface area (TPSA) is 49.4 Å². The third-order valence-electron chi connectivity index (χ3n) is 4.51. The average molecular weight is 381 g/mol. The van der Waals surface area contributed by atoms with Gasteiger partial charge < -0.3 is 10.2 Å². The van der Waals surface area contributed by atoms with Crippen molar-refractivity contribution in [3.05, 3.63) is 71.3 Å². The first kappa shape index (κ1) is 21.7. The molecule has 28 heavy (non-hydrogen) atoms. The summed E-state index contributed by atoms with van der Waals surface area (Å²) in [5.41, 5.74) is 2.84. The lowest BCUT2D eigenvalue weighted by molar-refractivity contribution is -0.141. The predicted octanol–water partition coefficient (Wildman–Crippen LogP) is 4.26. The fraction of sp³-hybridized carbons (Fsp3) is 0.417.